The smallest absolute Gasteiger partial charge is 0.250 e. The van der Waals surface area contributed by atoms with Crippen LogP contribution in [-0.2, 0) is 6.42 Å². The first-order chi connectivity index (χ1) is 9.08. The van der Waals surface area contributed by atoms with Crippen molar-refractivity contribution < 1.29 is 4.79 Å². The Balaban J connectivity index is 2.08. The Morgan fingerprint density at radius 1 is 1.37 bits per heavy atom. The van der Waals surface area contributed by atoms with Crippen LogP contribution in [0.4, 0.5) is 11.4 Å². The molecule has 1 amide bonds. The number of thiophene rings is 1. The third-order valence-electron chi connectivity index (χ3n) is 3.02. The fourth-order valence-corrected chi connectivity index (χ4v) is 2.56. The second kappa shape index (κ2) is 5.75. The average Bonchev–Trinajstić information content (AvgIpc) is 2.89. The monoisotopic (exact) mass is 275 g/mol. The molecule has 4 N–H and O–H groups in total. The molecular formula is C14H17N3OS. The zero-order valence-corrected chi connectivity index (χ0v) is 11.6. The molecule has 0 spiro atoms. The number of carbonyl (C=O) groups is 1. The van der Waals surface area contributed by atoms with Crippen molar-refractivity contribution in [1.29, 1.82) is 0 Å². The van der Waals surface area contributed by atoms with Crippen LogP contribution in [0.1, 0.15) is 15.2 Å². The number of primary amides is 1. The van der Waals surface area contributed by atoms with Crippen molar-refractivity contribution in [3.05, 3.63) is 46.2 Å². The van der Waals surface area contributed by atoms with Crippen molar-refractivity contribution in [1.82, 2.24) is 0 Å². The van der Waals surface area contributed by atoms with Crippen molar-refractivity contribution in [3.8, 4) is 0 Å². The number of amides is 1. The summed E-state index contributed by atoms with van der Waals surface area (Å²) in [4.78, 5) is 14.7. The summed E-state index contributed by atoms with van der Waals surface area (Å²) in [5.74, 6) is -0.494. The van der Waals surface area contributed by atoms with E-state index in [4.69, 9.17) is 11.5 Å². The van der Waals surface area contributed by atoms with Gasteiger partial charge in [0.2, 0.25) is 0 Å². The zero-order valence-electron chi connectivity index (χ0n) is 10.8. The van der Waals surface area contributed by atoms with Crippen LogP contribution in [0, 0.1) is 0 Å². The quantitative estimate of drug-likeness (QED) is 0.821. The first-order valence-corrected chi connectivity index (χ1v) is 6.88. The maximum absolute atomic E-state index is 11.3. The molecule has 1 aromatic carbocycles. The zero-order chi connectivity index (χ0) is 13.8. The van der Waals surface area contributed by atoms with Gasteiger partial charge in [-0.05, 0) is 36.1 Å². The number of nitrogens with zero attached hydrogens (tertiary/aromatic N) is 1. The number of nitrogen functional groups attached to an aromatic ring is 1. The minimum absolute atomic E-state index is 0.375. The van der Waals surface area contributed by atoms with E-state index in [1.54, 1.807) is 23.5 Å². The molecule has 0 radical (unpaired) electrons. The maximum atomic E-state index is 11.3. The number of carbonyl (C=O) groups excluding carboxylic acids is 1. The van der Waals surface area contributed by atoms with Crippen LogP contribution >= 0.6 is 11.3 Å². The van der Waals surface area contributed by atoms with E-state index >= 15 is 0 Å². The molecule has 0 unspecified atom stereocenters. The number of benzene rings is 1. The van der Waals surface area contributed by atoms with E-state index < -0.39 is 5.91 Å². The number of likely N-dealkylation sites (N-methyl/N-ethyl adjacent to an activating group) is 1. The lowest BCUT2D eigenvalue weighted by Crippen LogP contribution is -2.21. The van der Waals surface area contributed by atoms with E-state index in [9.17, 15) is 4.79 Å². The predicted molar refractivity (Wildman–Crippen MR) is 80.7 cm³/mol. The van der Waals surface area contributed by atoms with E-state index in [2.05, 4.69) is 22.4 Å². The largest absolute Gasteiger partial charge is 0.398 e. The summed E-state index contributed by atoms with van der Waals surface area (Å²) in [5, 5.41) is 2.07. The minimum atomic E-state index is -0.494. The van der Waals surface area contributed by atoms with Crippen LogP contribution in [0.15, 0.2) is 35.7 Å². The van der Waals surface area contributed by atoms with Gasteiger partial charge < -0.3 is 16.4 Å². The molecule has 5 heteroatoms. The Hall–Kier alpha value is -2.01. The molecule has 0 aliphatic heterocycles. The van der Waals surface area contributed by atoms with Gasteiger partial charge in [-0.2, -0.15) is 0 Å². The van der Waals surface area contributed by atoms with Crippen molar-refractivity contribution in [2.45, 2.75) is 6.42 Å². The number of nitrogens with two attached hydrogens (primary N) is 2. The summed E-state index contributed by atoms with van der Waals surface area (Å²) >= 11 is 1.75. The molecule has 19 heavy (non-hydrogen) atoms. The molecule has 1 heterocycles. The third kappa shape index (κ3) is 3.26. The van der Waals surface area contributed by atoms with Crippen LogP contribution < -0.4 is 16.4 Å². The summed E-state index contributed by atoms with van der Waals surface area (Å²) in [5.41, 5.74) is 12.8. The molecule has 0 fully saturated rings. The fraction of sp³-hybridized carbons (Fsp3) is 0.214. The highest BCUT2D eigenvalue weighted by atomic mass is 32.1. The molecular weight excluding hydrogens is 258 g/mol. The summed E-state index contributed by atoms with van der Waals surface area (Å²) in [6.45, 7) is 0.878. The lowest BCUT2D eigenvalue weighted by molar-refractivity contribution is 0.100. The van der Waals surface area contributed by atoms with Gasteiger partial charge in [-0.15, -0.1) is 11.3 Å². The molecule has 0 aliphatic rings. The van der Waals surface area contributed by atoms with Crippen molar-refractivity contribution in [2.75, 3.05) is 24.2 Å². The number of hydrogen-bond acceptors (Lipinski definition) is 4. The average molecular weight is 275 g/mol. The lowest BCUT2D eigenvalue weighted by Gasteiger charge is -2.20. The van der Waals surface area contributed by atoms with Gasteiger partial charge in [0, 0.05) is 29.8 Å². The van der Waals surface area contributed by atoms with Crippen LogP contribution in [0.2, 0.25) is 0 Å². The number of rotatable bonds is 5. The predicted octanol–water partition coefficient (Wildman–Crippen LogP) is 2.11. The molecule has 2 rings (SSSR count). The number of anilines is 2. The van der Waals surface area contributed by atoms with Crippen molar-refractivity contribution in [2.24, 2.45) is 5.73 Å². The molecule has 4 nitrogen and oxygen atoms in total. The lowest BCUT2D eigenvalue weighted by atomic mass is 10.1. The van der Waals surface area contributed by atoms with E-state index in [0.29, 0.717) is 11.3 Å². The van der Waals surface area contributed by atoms with E-state index in [0.717, 1.165) is 18.7 Å². The molecule has 100 valence electrons. The molecule has 1 aromatic heterocycles. The second-order valence-electron chi connectivity index (χ2n) is 4.39. The van der Waals surface area contributed by atoms with Gasteiger partial charge in [-0.3, -0.25) is 4.79 Å². The number of hydrogen-bond donors (Lipinski definition) is 2. The SMILES string of the molecule is CN(CCc1cccs1)c1ccc(N)c(C(N)=O)c1. The van der Waals surface area contributed by atoms with Crippen LogP contribution in [-0.4, -0.2) is 19.5 Å². The van der Waals surface area contributed by atoms with Gasteiger partial charge in [0.15, 0.2) is 0 Å². The molecule has 0 atom stereocenters. The van der Waals surface area contributed by atoms with Gasteiger partial charge in [0.05, 0.1) is 5.56 Å². The van der Waals surface area contributed by atoms with E-state index in [-0.39, 0.29) is 0 Å². The first-order valence-electron chi connectivity index (χ1n) is 6.01. The Labute approximate surface area is 116 Å². The molecule has 0 bridgehead atoms. The summed E-state index contributed by atoms with van der Waals surface area (Å²) in [6, 6.07) is 9.53. The second-order valence-corrected chi connectivity index (χ2v) is 5.42. The van der Waals surface area contributed by atoms with Crippen LogP contribution in [0.25, 0.3) is 0 Å². The van der Waals surface area contributed by atoms with E-state index in [1.165, 1.54) is 4.88 Å². The van der Waals surface area contributed by atoms with Crippen LogP contribution in [0.5, 0.6) is 0 Å². The van der Waals surface area contributed by atoms with E-state index in [1.807, 2.05) is 13.1 Å². The highest BCUT2D eigenvalue weighted by Gasteiger charge is 2.09. The molecule has 2 aromatic rings. The van der Waals surface area contributed by atoms with Gasteiger partial charge in [-0.1, -0.05) is 6.07 Å². The molecule has 0 aliphatic carbocycles. The third-order valence-corrected chi connectivity index (χ3v) is 3.95. The fourth-order valence-electron chi connectivity index (χ4n) is 1.86. The maximum Gasteiger partial charge on any atom is 0.250 e. The highest BCUT2D eigenvalue weighted by Crippen LogP contribution is 2.21. The Kier molecular flexibility index (Phi) is 4.06. The molecule has 0 saturated carbocycles. The highest BCUT2D eigenvalue weighted by molar-refractivity contribution is 7.09. The summed E-state index contributed by atoms with van der Waals surface area (Å²) in [6.07, 6.45) is 0.977. The first kappa shape index (κ1) is 13.4. The Morgan fingerprint density at radius 2 is 2.16 bits per heavy atom. The standard InChI is InChI=1S/C14H17N3OS/c1-17(7-6-11-3-2-8-19-11)10-4-5-13(15)12(9-10)14(16)18/h2-5,8-9H,6-7,15H2,1H3,(H2,16,18). The Morgan fingerprint density at radius 3 is 2.79 bits per heavy atom. The normalized spacial score (nSPS) is 10.4. The summed E-state index contributed by atoms with van der Waals surface area (Å²) < 4.78 is 0. The van der Waals surface area contributed by atoms with Gasteiger partial charge >= 0.3 is 0 Å². The Bertz CT molecular complexity index is 566. The van der Waals surface area contributed by atoms with Gasteiger partial charge in [0.1, 0.15) is 0 Å². The molecule has 0 saturated heterocycles. The topological polar surface area (TPSA) is 72.3 Å². The van der Waals surface area contributed by atoms with Gasteiger partial charge in [-0.25, -0.2) is 0 Å². The minimum Gasteiger partial charge on any atom is -0.398 e. The van der Waals surface area contributed by atoms with Gasteiger partial charge in [0.25, 0.3) is 5.91 Å². The van der Waals surface area contributed by atoms with Crippen molar-refractivity contribution >= 4 is 28.6 Å². The van der Waals surface area contributed by atoms with Crippen LogP contribution in [0.3, 0.4) is 0 Å². The van der Waals surface area contributed by atoms with Crippen molar-refractivity contribution in [3.63, 3.8) is 0 Å². The summed E-state index contributed by atoms with van der Waals surface area (Å²) in [7, 11) is 1.99.